The minimum absolute atomic E-state index is 0.0454. The van der Waals surface area contributed by atoms with Crippen LogP contribution in [0, 0.1) is 6.92 Å². The number of benzene rings is 2. The van der Waals surface area contributed by atoms with Crippen LogP contribution >= 0.6 is 0 Å². The number of aryl methyl sites for hydroxylation is 1. The van der Waals surface area contributed by atoms with Crippen LogP contribution in [0.2, 0.25) is 0 Å². The van der Waals surface area contributed by atoms with Gasteiger partial charge in [0.1, 0.15) is 0 Å². The fraction of sp³-hybridized carbons (Fsp3) is 0.391. The SMILES string of the molecule is Cc1cccc(N2CCN(C(=O)c3ccc(C(=O)N4CCCC4)cc3)CC2)c1. The molecule has 0 saturated carbocycles. The van der Waals surface area contributed by atoms with Crippen LogP contribution in [-0.2, 0) is 0 Å². The first-order chi connectivity index (χ1) is 13.6. The Balaban J connectivity index is 1.36. The van der Waals surface area contributed by atoms with Crippen molar-refractivity contribution in [1.29, 1.82) is 0 Å². The van der Waals surface area contributed by atoms with Gasteiger partial charge < -0.3 is 14.7 Å². The van der Waals surface area contributed by atoms with Crippen LogP contribution in [0.5, 0.6) is 0 Å². The summed E-state index contributed by atoms with van der Waals surface area (Å²) < 4.78 is 0. The molecule has 0 atom stereocenters. The first-order valence-corrected chi connectivity index (χ1v) is 10.1. The fourth-order valence-corrected chi connectivity index (χ4v) is 4.03. The molecular formula is C23H27N3O2. The van der Waals surface area contributed by atoms with Crippen molar-refractivity contribution in [2.75, 3.05) is 44.2 Å². The van der Waals surface area contributed by atoms with Crippen molar-refractivity contribution >= 4 is 17.5 Å². The molecule has 146 valence electrons. The minimum atomic E-state index is 0.0454. The molecule has 2 heterocycles. The number of rotatable bonds is 3. The van der Waals surface area contributed by atoms with Crippen molar-refractivity contribution < 1.29 is 9.59 Å². The molecule has 0 spiro atoms. The summed E-state index contributed by atoms with van der Waals surface area (Å²) in [6.07, 6.45) is 2.16. The van der Waals surface area contributed by atoms with Crippen LogP contribution in [0.15, 0.2) is 48.5 Å². The number of nitrogens with zero attached hydrogens (tertiary/aromatic N) is 3. The van der Waals surface area contributed by atoms with E-state index >= 15 is 0 Å². The fourth-order valence-electron chi connectivity index (χ4n) is 4.03. The lowest BCUT2D eigenvalue weighted by Crippen LogP contribution is -2.48. The van der Waals surface area contributed by atoms with Gasteiger partial charge in [0.15, 0.2) is 0 Å². The molecule has 2 aliphatic rings. The van der Waals surface area contributed by atoms with Gasteiger partial charge in [0.05, 0.1) is 0 Å². The average Bonchev–Trinajstić information content (AvgIpc) is 3.28. The molecule has 28 heavy (non-hydrogen) atoms. The zero-order chi connectivity index (χ0) is 19.5. The highest BCUT2D eigenvalue weighted by Crippen LogP contribution is 2.19. The van der Waals surface area contributed by atoms with Gasteiger partial charge in [0.25, 0.3) is 11.8 Å². The molecule has 2 amide bonds. The van der Waals surface area contributed by atoms with Gasteiger partial charge in [-0.05, 0) is 61.7 Å². The molecule has 2 aromatic rings. The number of likely N-dealkylation sites (tertiary alicyclic amines) is 1. The third kappa shape index (κ3) is 3.88. The molecule has 0 N–H and O–H groups in total. The summed E-state index contributed by atoms with van der Waals surface area (Å²) >= 11 is 0. The van der Waals surface area contributed by atoms with Crippen molar-refractivity contribution in [3.8, 4) is 0 Å². The van der Waals surface area contributed by atoms with E-state index in [1.165, 1.54) is 11.3 Å². The van der Waals surface area contributed by atoms with E-state index in [2.05, 4.69) is 36.1 Å². The van der Waals surface area contributed by atoms with Gasteiger partial charge in [-0.25, -0.2) is 0 Å². The van der Waals surface area contributed by atoms with Gasteiger partial charge in [0.2, 0.25) is 0 Å². The number of carbonyl (C=O) groups is 2. The maximum atomic E-state index is 12.8. The number of anilines is 1. The highest BCUT2D eigenvalue weighted by atomic mass is 16.2. The van der Waals surface area contributed by atoms with Crippen LogP contribution < -0.4 is 4.90 Å². The van der Waals surface area contributed by atoms with Gasteiger partial charge in [-0.1, -0.05) is 12.1 Å². The number of hydrogen-bond donors (Lipinski definition) is 0. The zero-order valence-corrected chi connectivity index (χ0v) is 16.4. The lowest BCUT2D eigenvalue weighted by atomic mass is 10.1. The Bertz CT molecular complexity index is 848. The largest absolute Gasteiger partial charge is 0.368 e. The molecule has 0 aromatic heterocycles. The van der Waals surface area contributed by atoms with Crippen molar-refractivity contribution in [3.05, 3.63) is 65.2 Å². The summed E-state index contributed by atoms with van der Waals surface area (Å²) in [5.41, 5.74) is 3.79. The molecule has 5 heteroatoms. The van der Waals surface area contributed by atoms with E-state index in [-0.39, 0.29) is 11.8 Å². The normalized spacial score (nSPS) is 17.1. The highest BCUT2D eigenvalue weighted by molar-refractivity contribution is 5.98. The molecule has 4 rings (SSSR count). The number of piperazine rings is 1. The van der Waals surface area contributed by atoms with Crippen LogP contribution in [0.1, 0.15) is 39.1 Å². The van der Waals surface area contributed by atoms with Crippen LogP contribution in [0.3, 0.4) is 0 Å². The van der Waals surface area contributed by atoms with Gasteiger partial charge in [-0.2, -0.15) is 0 Å². The molecule has 0 aliphatic carbocycles. The monoisotopic (exact) mass is 377 g/mol. The minimum Gasteiger partial charge on any atom is -0.368 e. The van der Waals surface area contributed by atoms with Crippen molar-refractivity contribution in [3.63, 3.8) is 0 Å². The van der Waals surface area contributed by atoms with E-state index < -0.39 is 0 Å². The predicted octanol–water partition coefficient (Wildman–Crippen LogP) is 3.19. The summed E-state index contributed by atoms with van der Waals surface area (Å²) in [5.74, 6) is 0.118. The van der Waals surface area contributed by atoms with Crippen LogP contribution in [0.4, 0.5) is 5.69 Å². The lowest BCUT2D eigenvalue weighted by Gasteiger charge is -2.36. The van der Waals surface area contributed by atoms with Gasteiger partial charge >= 0.3 is 0 Å². The van der Waals surface area contributed by atoms with Crippen molar-refractivity contribution in [1.82, 2.24) is 9.80 Å². The summed E-state index contributed by atoms with van der Waals surface area (Å²) in [6.45, 7) is 6.86. The van der Waals surface area contributed by atoms with Gasteiger partial charge in [0, 0.05) is 56.1 Å². The molecule has 2 fully saturated rings. The Morgan fingerprint density at radius 1 is 0.714 bits per heavy atom. The summed E-state index contributed by atoms with van der Waals surface area (Å²) in [6, 6.07) is 15.6. The third-order valence-electron chi connectivity index (χ3n) is 5.71. The second-order valence-electron chi connectivity index (χ2n) is 7.69. The van der Waals surface area contributed by atoms with E-state index in [4.69, 9.17) is 0 Å². The van der Waals surface area contributed by atoms with E-state index in [0.717, 1.165) is 39.0 Å². The highest BCUT2D eigenvalue weighted by Gasteiger charge is 2.23. The van der Waals surface area contributed by atoms with Crippen LogP contribution in [0.25, 0.3) is 0 Å². The molecular weight excluding hydrogens is 350 g/mol. The molecule has 2 saturated heterocycles. The molecule has 0 bridgehead atoms. The Hall–Kier alpha value is -2.82. The number of carbonyl (C=O) groups excluding carboxylic acids is 2. The maximum Gasteiger partial charge on any atom is 0.253 e. The standard InChI is InChI=1S/C23H27N3O2/c1-18-5-4-6-21(17-18)24-13-15-26(16-14-24)23(28)20-9-7-19(8-10-20)22(27)25-11-2-3-12-25/h4-10,17H,2-3,11-16H2,1H3. The number of hydrogen-bond acceptors (Lipinski definition) is 3. The Kier molecular flexibility index (Phi) is 5.33. The molecule has 2 aromatic carbocycles. The second kappa shape index (κ2) is 8.05. The average molecular weight is 377 g/mol. The number of amides is 2. The Labute approximate surface area is 166 Å². The van der Waals surface area contributed by atoms with Gasteiger partial charge in [-0.15, -0.1) is 0 Å². The van der Waals surface area contributed by atoms with Gasteiger partial charge in [-0.3, -0.25) is 9.59 Å². The van der Waals surface area contributed by atoms with E-state index in [9.17, 15) is 9.59 Å². The summed E-state index contributed by atoms with van der Waals surface area (Å²) in [5, 5.41) is 0. The maximum absolute atomic E-state index is 12.8. The first kappa shape index (κ1) is 18.5. The van der Waals surface area contributed by atoms with E-state index in [1.807, 2.05) is 9.80 Å². The van der Waals surface area contributed by atoms with Crippen LogP contribution in [-0.4, -0.2) is 60.9 Å². The quantitative estimate of drug-likeness (QED) is 0.825. The summed E-state index contributed by atoms with van der Waals surface area (Å²) in [7, 11) is 0. The predicted molar refractivity (Wildman–Crippen MR) is 111 cm³/mol. The van der Waals surface area contributed by atoms with E-state index in [1.54, 1.807) is 24.3 Å². The van der Waals surface area contributed by atoms with Crippen molar-refractivity contribution in [2.24, 2.45) is 0 Å². The topological polar surface area (TPSA) is 43.9 Å². The summed E-state index contributed by atoms with van der Waals surface area (Å²) in [4.78, 5) is 31.4. The molecule has 0 unspecified atom stereocenters. The third-order valence-corrected chi connectivity index (χ3v) is 5.71. The molecule has 5 nitrogen and oxygen atoms in total. The Morgan fingerprint density at radius 2 is 1.25 bits per heavy atom. The second-order valence-corrected chi connectivity index (χ2v) is 7.69. The van der Waals surface area contributed by atoms with E-state index in [0.29, 0.717) is 24.2 Å². The zero-order valence-electron chi connectivity index (χ0n) is 16.4. The first-order valence-electron chi connectivity index (χ1n) is 10.1. The smallest absolute Gasteiger partial charge is 0.253 e. The molecule has 2 aliphatic heterocycles. The Morgan fingerprint density at radius 3 is 1.79 bits per heavy atom. The lowest BCUT2D eigenvalue weighted by molar-refractivity contribution is 0.0744. The molecule has 0 radical (unpaired) electrons. The van der Waals surface area contributed by atoms with Crippen molar-refractivity contribution in [2.45, 2.75) is 19.8 Å².